The maximum atomic E-state index is 12.5. The Labute approximate surface area is 93.6 Å². The first-order valence-corrected chi connectivity index (χ1v) is 4.70. The minimum atomic E-state index is -4.53. The normalized spacial score (nSPS) is 15.1. The standard InChI is InChI=1S/C9H6ClF3N2O/c10-5-2-6-7(15-8(16)3-14-6)1-4(5)9(11,12)13/h1-2,14H,3H2,(H,15,16). The molecule has 0 saturated carbocycles. The van der Waals surface area contributed by atoms with E-state index in [0.717, 1.165) is 12.1 Å². The Morgan fingerprint density at radius 2 is 1.94 bits per heavy atom. The molecule has 0 fully saturated rings. The number of benzene rings is 1. The Bertz CT molecular complexity index is 459. The minimum Gasteiger partial charge on any atom is -0.374 e. The highest BCUT2D eigenvalue weighted by molar-refractivity contribution is 6.32. The highest BCUT2D eigenvalue weighted by atomic mass is 35.5. The summed E-state index contributed by atoms with van der Waals surface area (Å²) in [6.45, 7) is 0.0225. The average molecular weight is 251 g/mol. The van der Waals surface area contributed by atoms with Gasteiger partial charge in [-0.1, -0.05) is 11.6 Å². The van der Waals surface area contributed by atoms with E-state index in [4.69, 9.17) is 11.6 Å². The number of carbonyl (C=O) groups is 1. The Hall–Kier alpha value is -1.43. The van der Waals surface area contributed by atoms with Crippen molar-refractivity contribution in [2.45, 2.75) is 6.18 Å². The number of nitrogens with one attached hydrogen (secondary N) is 2. The van der Waals surface area contributed by atoms with Crippen LogP contribution in [0.25, 0.3) is 0 Å². The Balaban J connectivity index is 2.51. The Morgan fingerprint density at radius 1 is 1.25 bits per heavy atom. The summed E-state index contributed by atoms with van der Waals surface area (Å²) in [7, 11) is 0. The summed E-state index contributed by atoms with van der Waals surface area (Å²) in [5.74, 6) is -0.386. The molecule has 1 aromatic carbocycles. The highest BCUT2D eigenvalue weighted by Gasteiger charge is 2.34. The quantitative estimate of drug-likeness (QED) is 0.743. The fourth-order valence-electron chi connectivity index (χ4n) is 1.41. The number of alkyl halides is 3. The molecule has 0 atom stereocenters. The first-order chi connectivity index (χ1) is 7.38. The van der Waals surface area contributed by atoms with Gasteiger partial charge in [-0.15, -0.1) is 0 Å². The molecule has 1 amide bonds. The van der Waals surface area contributed by atoms with Gasteiger partial charge in [-0.05, 0) is 12.1 Å². The number of hydrogen-bond acceptors (Lipinski definition) is 2. The van der Waals surface area contributed by atoms with Gasteiger partial charge in [0.2, 0.25) is 5.91 Å². The molecule has 0 aliphatic carbocycles. The summed E-state index contributed by atoms with van der Waals surface area (Å²) < 4.78 is 37.5. The smallest absolute Gasteiger partial charge is 0.374 e. The molecule has 1 heterocycles. The lowest BCUT2D eigenvalue weighted by Gasteiger charge is -2.21. The number of halogens is 4. The van der Waals surface area contributed by atoms with Crippen molar-refractivity contribution in [1.82, 2.24) is 0 Å². The number of fused-ring (bicyclic) bond motifs is 1. The molecule has 0 aromatic heterocycles. The molecule has 3 nitrogen and oxygen atoms in total. The molecule has 86 valence electrons. The number of hydrogen-bond donors (Lipinski definition) is 2. The molecule has 1 aromatic rings. The molecule has 16 heavy (non-hydrogen) atoms. The summed E-state index contributed by atoms with van der Waals surface area (Å²) in [5.41, 5.74) is -0.484. The lowest BCUT2D eigenvalue weighted by atomic mass is 10.1. The zero-order valence-corrected chi connectivity index (χ0v) is 8.54. The fourth-order valence-corrected chi connectivity index (χ4v) is 1.68. The van der Waals surface area contributed by atoms with Gasteiger partial charge in [0.1, 0.15) is 0 Å². The maximum Gasteiger partial charge on any atom is 0.417 e. The van der Waals surface area contributed by atoms with Crippen molar-refractivity contribution in [1.29, 1.82) is 0 Å². The van der Waals surface area contributed by atoms with Gasteiger partial charge in [0, 0.05) is 0 Å². The summed E-state index contributed by atoms with van der Waals surface area (Å²) in [5, 5.41) is 4.61. The van der Waals surface area contributed by atoms with E-state index in [0.29, 0.717) is 5.69 Å². The van der Waals surface area contributed by atoms with E-state index in [1.165, 1.54) is 0 Å². The summed E-state index contributed by atoms with van der Waals surface area (Å²) in [4.78, 5) is 11.0. The maximum absolute atomic E-state index is 12.5. The van der Waals surface area contributed by atoms with Gasteiger partial charge in [-0.2, -0.15) is 13.2 Å². The van der Waals surface area contributed by atoms with Crippen molar-refractivity contribution in [2.75, 3.05) is 17.2 Å². The number of amides is 1. The Morgan fingerprint density at radius 3 is 2.56 bits per heavy atom. The molecule has 7 heteroatoms. The van der Waals surface area contributed by atoms with Crippen molar-refractivity contribution in [3.63, 3.8) is 0 Å². The number of carbonyl (C=O) groups excluding carboxylic acids is 1. The fraction of sp³-hybridized carbons (Fsp3) is 0.222. The van der Waals surface area contributed by atoms with Crippen molar-refractivity contribution in [3.8, 4) is 0 Å². The summed E-state index contributed by atoms with van der Waals surface area (Å²) in [6, 6.07) is 1.97. The molecule has 0 saturated heterocycles. The van der Waals surface area contributed by atoms with E-state index in [9.17, 15) is 18.0 Å². The van der Waals surface area contributed by atoms with E-state index in [-0.39, 0.29) is 18.1 Å². The largest absolute Gasteiger partial charge is 0.417 e. The van der Waals surface area contributed by atoms with Crippen LogP contribution in [0.1, 0.15) is 5.56 Å². The second kappa shape index (κ2) is 3.55. The van der Waals surface area contributed by atoms with Gasteiger partial charge >= 0.3 is 6.18 Å². The van der Waals surface area contributed by atoms with Crippen LogP contribution in [0.2, 0.25) is 5.02 Å². The van der Waals surface area contributed by atoms with E-state index >= 15 is 0 Å². The lowest BCUT2D eigenvalue weighted by Crippen LogP contribution is -2.27. The van der Waals surface area contributed by atoms with Gasteiger partial charge in [0.05, 0.1) is 28.5 Å². The zero-order chi connectivity index (χ0) is 11.9. The minimum absolute atomic E-state index is 0.0225. The molecular formula is C9H6ClF3N2O. The first kappa shape index (κ1) is 11.1. The third-order valence-electron chi connectivity index (χ3n) is 2.13. The molecule has 2 N–H and O–H groups in total. The van der Waals surface area contributed by atoms with Crippen LogP contribution >= 0.6 is 11.6 Å². The second-order valence-corrected chi connectivity index (χ2v) is 3.68. The zero-order valence-electron chi connectivity index (χ0n) is 7.78. The van der Waals surface area contributed by atoms with Crippen LogP contribution in [0.5, 0.6) is 0 Å². The summed E-state index contributed by atoms with van der Waals surface area (Å²) >= 11 is 5.51. The number of anilines is 2. The van der Waals surface area contributed by atoms with Gasteiger partial charge < -0.3 is 10.6 Å². The van der Waals surface area contributed by atoms with E-state index < -0.39 is 16.8 Å². The predicted octanol–water partition coefficient (Wildman–Crippen LogP) is 2.72. The second-order valence-electron chi connectivity index (χ2n) is 3.28. The molecule has 0 unspecified atom stereocenters. The molecule has 2 rings (SSSR count). The van der Waals surface area contributed by atoms with E-state index in [1.807, 2.05) is 0 Å². The topological polar surface area (TPSA) is 41.1 Å². The average Bonchev–Trinajstić information content (AvgIpc) is 2.16. The van der Waals surface area contributed by atoms with Gasteiger partial charge in [0.25, 0.3) is 0 Å². The molecular weight excluding hydrogens is 245 g/mol. The number of rotatable bonds is 0. The third kappa shape index (κ3) is 1.92. The van der Waals surface area contributed by atoms with Crippen molar-refractivity contribution in [2.24, 2.45) is 0 Å². The monoisotopic (exact) mass is 250 g/mol. The van der Waals surface area contributed by atoms with E-state index in [1.54, 1.807) is 0 Å². The van der Waals surface area contributed by atoms with Crippen LogP contribution in [0, 0.1) is 0 Å². The Kier molecular flexibility index (Phi) is 2.46. The molecule has 1 aliphatic rings. The van der Waals surface area contributed by atoms with Crippen molar-refractivity contribution in [3.05, 3.63) is 22.7 Å². The van der Waals surface area contributed by atoms with Crippen molar-refractivity contribution >= 4 is 28.9 Å². The first-order valence-electron chi connectivity index (χ1n) is 4.32. The van der Waals surface area contributed by atoms with Gasteiger partial charge in [-0.3, -0.25) is 4.79 Å². The lowest BCUT2D eigenvalue weighted by molar-refractivity contribution is -0.137. The van der Waals surface area contributed by atoms with Crippen LogP contribution in [-0.4, -0.2) is 12.5 Å². The van der Waals surface area contributed by atoms with Gasteiger partial charge in [0.15, 0.2) is 0 Å². The molecule has 1 aliphatic heterocycles. The summed E-state index contributed by atoms with van der Waals surface area (Å²) in [6.07, 6.45) is -4.53. The van der Waals surface area contributed by atoms with Crippen LogP contribution in [0.15, 0.2) is 12.1 Å². The van der Waals surface area contributed by atoms with Crippen LogP contribution in [0.4, 0.5) is 24.5 Å². The van der Waals surface area contributed by atoms with Gasteiger partial charge in [-0.25, -0.2) is 0 Å². The molecule has 0 bridgehead atoms. The van der Waals surface area contributed by atoms with Crippen LogP contribution in [0.3, 0.4) is 0 Å². The van der Waals surface area contributed by atoms with Crippen LogP contribution < -0.4 is 10.6 Å². The van der Waals surface area contributed by atoms with E-state index in [2.05, 4.69) is 10.6 Å². The SMILES string of the molecule is O=C1CNc2cc(Cl)c(C(F)(F)F)cc2N1. The van der Waals surface area contributed by atoms with Crippen LogP contribution in [-0.2, 0) is 11.0 Å². The predicted molar refractivity (Wildman–Crippen MR) is 53.6 cm³/mol. The third-order valence-corrected chi connectivity index (χ3v) is 2.44. The molecule has 0 spiro atoms. The van der Waals surface area contributed by atoms with Crippen molar-refractivity contribution < 1.29 is 18.0 Å². The molecule has 0 radical (unpaired) electrons. The highest BCUT2D eigenvalue weighted by Crippen LogP contribution is 2.40.